The molecular formula is C15H20O4. The Morgan fingerprint density at radius 1 is 1.37 bits per heavy atom. The summed E-state index contributed by atoms with van der Waals surface area (Å²) in [5.41, 5.74) is -1.72. The molecule has 2 aliphatic carbocycles. The van der Waals surface area contributed by atoms with E-state index in [2.05, 4.69) is 0 Å². The van der Waals surface area contributed by atoms with E-state index in [4.69, 9.17) is 4.74 Å². The molecule has 4 nitrogen and oxygen atoms in total. The molecule has 0 radical (unpaired) electrons. The van der Waals surface area contributed by atoms with Gasteiger partial charge in [0.05, 0.1) is 11.5 Å². The number of allylic oxidation sites excluding steroid dienone is 1. The number of hydrogen-bond donors (Lipinski definition) is 1. The maximum Gasteiger partial charge on any atom is 0.309 e. The van der Waals surface area contributed by atoms with Gasteiger partial charge in [-0.25, -0.2) is 0 Å². The number of hydrogen-bond acceptors (Lipinski definition) is 4. The minimum Gasteiger partial charge on any atom is -0.461 e. The van der Waals surface area contributed by atoms with Gasteiger partial charge in [0.25, 0.3) is 0 Å². The van der Waals surface area contributed by atoms with Crippen LogP contribution in [0.4, 0.5) is 0 Å². The summed E-state index contributed by atoms with van der Waals surface area (Å²) in [6.45, 7) is 5.48. The summed E-state index contributed by atoms with van der Waals surface area (Å²) < 4.78 is 5.51. The molecule has 2 fully saturated rings. The molecule has 4 heteroatoms. The van der Waals surface area contributed by atoms with Crippen molar-refractivity contribution in [3.05, 3.63) is 12.2 Å². The number of carbonyl (C=O) groups is 2. The predicted molar refractivity (Wildman–Crippen MR) is 68.1 cm³/mol. The molecule has 1 aliphatic heterocycles. The van der Waals surface area contributed by atoms with E-state index in [-0.39, 0.29) is 35.6 Å². The van der Waals surface area contributed by atoms with Crippen LogP contribution in [-0.2, 0) is 14.3 Å². The van der Waals surface area contributed by atoms with Crippen molar-refractivity contribution in [3.8, 4) is 0 Å². The zero-order valence-corrected chi connectivity index (χ0v) is 11.6. The SMILES string of the molecule is C[C@@H]1C(=O)O[C@@H]2[C@H]1CC[C@@]1(C)C(=O)C=C[C@@](C)(O)[C@H]21. The molecule has 19 heavy (non-hydrogen) atoms. The highest BCUT2D eigenvalue weighted by Crippen LogP contribution is 2.56. The average Bonchev–Trinajstić information content (AvgIpc) is 2.60. The summed E-state index contributed by atoms with van der Waals surface area (Å²) in [6.07, 6.45) is 4.21. The number of rotatable bonds is 0. The molecule has 3 rings (SSSR count). The van der Waals surface area contributed by atoms with Crippen LogP contribution >= 0.6 is 0 Å². The van der Waals surface area contributed by atoms with Gasteiger partial charge < -0.3 is 9.84 Å². The zero-order chi connectivity index (χ0) is 14.0. The van der Waals surface area contributed by atoms with E-state index in [9.17, 15) is 14.7 Å². The standard InChI is InChI=1S/C15H20O4/c1-8-9-4-6-14(2)10(16)5-7-15(3,18)12(14)11(9)19-13(8)17/h5,7-9,11-12,18H,4,6H2,1-3H3/t8-,9-,11+,12+,14-,15+/m0/s1. The Bertz CT molecular complexity index is 479. The third-order valence-corrected chi connectivity index (χ3v) is 5.46. The highest BCUT2D eigenvalue weighted by atomic mass is 16.6. The molecule has 104 valence electrons. The molecule has 1 saturated carbocycles. The second-order valence-electron chi connectivity index (χ2n) is 6.71. The molecule has 1 saturated heterocycles. The van der Waals surface area contributed by atoms with Crippen molar-refractivity contribution in [2.24, 2.45) is 23.2 Å². The van der Waals surface area contributed by atoms with E-state index in [1.807, 2.05) is 13.8 Å². The first-order valence-corrected chi connectivity index (χ1v) is 6.94. The Morgan fingerprint density at radius 3 is 2.74 bits per heavy atom. The molecule has 0 aromatic heterocycles. The minimum atomic E-state index is -1.10. The Morgan fingerprint density at radius 2 is 2.05 bits per heavy atom. The molecule has 0 bridgehead atoms. The van der Waals surface area contributed by atoms with Gasteiger partial charge in [-0.2, -0.15) is 0 Å². The van der Waals surface area contributed by atoms with Gasteiger partial charge in [-0.3, -0.25) is 9.59 Å². The Hall–Kier alpha value is -1.16. The van der Waals surface area contributed by atoms with Gasteiger partial charge in [0.2, 0.25) is 0 Å². The van der Waals surface area contributed by atoms with E-state index in [1.54, 1.807) is 13.0 Å². The van der Waals surface area contributed by atoms with E-state index >= 15 is 0 Å². The van der Waals surface area contributed by atoms with Gasteiger partial charge in [0.1, 0.15) is 6.10 Å². The molecule has 6 atom stereocenters. The van der Waals surface area contributed by atoms with Gasteiger partial charge in [-0.1, -0.05) is 13.8 Å². The smallest absolute Gasteiger partial charge is 0.309 e. The van der Waals surface area contributed by atoms with Crippen LogP contribution < -0.4 is 0 Å². The second kappa shape index (κ2) is 3.69. The van der Waals surface area contributed by atoms with Crippen LogP contribution in [0, 0.1) is 23.2 Å². The van der Waals surface area contributed by atoms with Gasteiger partial charge in [0.15, 0.2) is 5.78 Å². The Kier molecular flexibility index (Phi) is 2.50. The van der Waals surface area contributed by atoms with Crippen molar-refractivity contribution < 1.29 is 19.4 Å². The summed E-state index contributed by atoms with van der Waals surface area (Å²) in [7, 11) is 0. The van der Waals surface area contributed by atoms with Crippen LogP contribution in [-0.4, -0.2) is 28.6 Å². The number of carbonyl (C=O) groups excluding carboxylic acids is 2. The first kappa shape index (κ1) is 12.9. The van der Waals surface area contributed by atoms with Gasteiger partial charge in [-0.05, 0) is 31.9 Å². The Labute approximate surface area is 112 Å². The summed E-state index contributed by atoms with van der Waals surface area (Å²) in [5.74, 6) is -0.511. The fourth-order valence-electron chi connectivity index (χ4n) is 4.29. The average molecular weight is 264 g/mol. The first-order chi connectivity index (χ1) is 8.77. The molecule has 0 unspecified atom stereocenters. The van der Waals surface area contributed by atoms with Crippen LogP contribution in [0.2, 0.25) is 0 Å². The van der Waals surface area contributed by atoms with E-state index < -0.39 is 11.0 Å². The molecule has 3 aliphatic rings. The van der Waals surface area contributed by atoms with Crippen LogP contribution in [0.5, 0.6) is 0 Å². The molecule has 0 aromatic rings. The highest BCUT2D eigenvalue weighted by Gasteiger charge is 2.62. The van der Waals surface area contributed by atoms with Crippen LogP contribution in [0.25, 0.3) is 0 Å². The fraction of sp³-hybridized carbons (Fsp3) is 0.733. The lowest BCUT2D eigenvalue weighted by atomic mass is 9.53. The molecule has 0 spiro atoms. The normalized spacial score (nSPS) is 52.6. The minimum absolute atomic E-state index is 0.0399. The first-order valence-electron chi connectivity index (χ1n) is 6.94. The molecule has 0 amide bonds. The van der Waals surface area contributed by atoms with Crippen molar-refractivity contribution in [1.29, 1.82) is 0 Å². The van der Waals surface area contributed by atoms with E-state index in [0.29, 0.717) is 6.42 Å². The number of aliphatic hydroxyl groups is 1. The maximum atomic E-state index is 12.3. The van der Waals surface area contributed by atoms with Crippen molar-refractivity contribution in [2.75, 3.05) is 0 Å². The topological polar surface area (TPSA) is 63.6 Å². The van der Waals surface area contributed by atoms with Crippen molar-refractivity contribution >= 4 is 11.8 Å². The van der Waals surface area contributed by atoms with Crippen molar-refractivity contribution in [1.82, 2.24) is 0 Å². The van der Waals surface area contributed by atoms with Crippen molar-refractivity contribution in [2.45, 2.75) is 45.3 Å². The Balaban J connectivity index is 2.07. The quantitative estimate of drug-likeness (QED) is 0.673. The van der Waals surface area contributed by atoms with Crippen molar-refractivity contribution in [3.63, 3.8) is 0 Å². The number of fused-ring (bicyclic) bond motifs is 3. The monoisotopic (exact) mass is 264 g/mol. The van der Waals surface area contributed by atoms with Gasteiger partial charge in [-0.15, -0.1) is 0 Å². The lowest BCUT2D eigenvalue weighted by molar-refractivity contribution is -0.167. The lowest BCUT2D eigenvalue weighted by Gasteiger charge is -2.52. The van der Waals surface area contributed by atoms with Gasteiger partial charge in [0, 0.05) is 17.3 Å². The largest absolute Gasteiger partial charge is 0.461 e. The third-order valence-electron chi connectivity index (χ3n) is 5.46. The number of ether oxygens (including phenoxy) is 1. The number of esters is 1. The van der Waals surface area contributed by atoms with Gasteiger partial charge >= 0.3 is 5.97 Å². The summed E-state index contributed by atoms with van der Waals surface area (Å²) >= 11 is 0. The second-order valence-corrected chi connectivity index (χ2v) is 6.71. The van der Waals surface area contributed by atoms with Crippen LogP contribution in [0.15, 0.2) is 12.2 Å². The maximum absolute atomic E-state index is 12.3. The zero-order valence-electron chi connectivity index (χ0n) is 11.6. The molecule has 1 heterocycles. The highest BCUT2D eigenvalue weighted by molar-refractivity contribution is 5.96. The summed E-state index contributed by atoms with van der Waals surface area (Å²) in [5, 5.41) is 10.6. The van der Waals surface area contributed by atoms with E-state index in [0.717, 1.165) is 6.42 Å². The fourth-order valence-corrected chi connectivity index (χ4v) is 4.29. The number of ketones is 1. The molecule has 0 aromatic carbocycles. The summed E-state index contributed by atoms with van der Waals surface area (Å²) in [4.78, 5) is 24.1. The summed E-state index contributed by atoms with van der Waals surface area (Å²) in [6, 6.07) is 0. The van der Waals surface area contributed by atoms with E-state index in [1.165, 1.54) is 6.08 Å². The molecular weight excluding hydrogens is 244 g/mol. The van der Waals surface area contributed by atoms with Crippen LogP contribution in [0.3, 0.4) is 0 Å². The molecule has 1 N–H and O–H groups in total. The van der Waals surface area contributed by atoms with Crippen LogP contribution in [0.1, 0.15) is 33.6 Å². The third kappa shape index (κ3) is 1.55. The predicted octanol–water partition coefficient (Wildman–Crippen LogP) is 1.47. The lowest BCUT2D eigenvalue weighted by Crippen LogP contribution is -2.59.